The summed E-state index contributed by atoms with van der Waals surface area (Å²) in [6.07, 6.45) is 14.1. The van der Waals surface area contributed by atoms with E-state index in [9.17, 15) is 0 Å². The lowest BCUT2D eigenvalue weighted by atomic mass is 9.85. The van der Waals surface area contributed by atoms with Crippen LogP contribution in [-0.2, 0) is 6.42 Å². The first-order valence-corrected chi connectivity index (χ1v) is 12.8. The van der Waals surface area contributed by atoms with Crippen molar-refractivity contribution in [1.82, 2.24) is 0 Å². The molecule has 3 atom stereocenters. The third-order valence-electron chi connectivity index (χ3n) is 7.54. The average molecular weight is 432 g/mol. The number of ether oxygens (including phenoxy) is 1. The van der Waals surface area contributed by atoms with E-state index in [4.69, 9.17) is 15.5 Å². The lowest BCUT2D eigenvalue weighted by Crippen LogP contribution is -2.36. The van der Waals surface area contributed by atoms with Crippen molar-refractivity contribution in [2.75, 3.05) is 0 Å². The second kappa shape index (κ2) is 12.1. The van der Waals surface area contributed by atoms with Crippen molar-refractivity contribution in [2.45, 2.75) is 125 Å². The predicted octanol–water partition coefficient (Wildman–Crippen LogP) is 8.08. The molecule has 2 N–H and O–H groups in total. The third-order valence-corrected chi connectivity index (χ3v) is 7.54. The summed E-state index contributed by atoms with van der Waals surface area (Å²) < 4.78 is 6.58. The van der Waals surface area contributed by atoms with E-state index in [-0.39, 0.29) is 5.60 Å². The molecule has 1 aliphatic rings. The Kier molecular flexibility index (Phi) is 10.2. The Morgan fingerprint density at radius 2 is 1.52 bits per heavy atom. The van der Waals surface area contributed by atoms with E-state index in [0.717, 1.165) is 54.1 Å². The number of nitrogens with two attached hydrogens (primary N) is 1. The van der Waals surface area contributed by atoms with Crippen LogP contribution in [0.15, 0.2) is 6.07 Å². The molecule has 0 spiro atoms. The van der Waals surface area contributed by atoms with E-state index in [1.54, 1.807) is 0 Å². The fourth-order valence-corrected chi connectivity index (χ4v) is 5.05. The smallest absolute Gasteiger partial charge is 0.150 e. The lowest BCUT2D eigenvalue weighted by molar-refractivity contribution is 0.0513. The van der Waals surface area contributed by atoms with E-state index in [0.29, 0.717) is 0 Å². The van der Waals surface area contributed by atoms with Crippen molar-refractivity contribution in [3.8, 4) is 11.5 Å². The number of aryl methyl sites for hydroxylation is 1. The van der Waals surface area contributed by atoms with E-state index in [1.165, 1.54) is 62.5 Å². The fraction of sp³-hybridized carbons (Fsp3) is 0.786. The maximum atomic E-state index is 6.58. The van der Waals surface area contributed by atoms with Crippen LogP contribution in [0.1, 0.15) is 116 Å². The Morgan fingerprint density at radius 1 is 0.935 bits per heavy atom. The Bertz CT molecular complexity index is 684. The molecule has 0 saturated heterocycles. The van der Waals surface area contributed by atoms with Gasteiger partial charge in [-0.2, -0.15) is 5.90 Å². The second-order valence-corrected chi connectivity index (χ2v) is 11.1. The summed E-state index contributed by atoms with van der Waals surface area (Å²) in [4.78, 5) is 5.05. The molecular weight excluding hydrogens is 382 g/mol. The first-order chi connectivity index (χ1) is 14.6. The van der Waals surface area contributed by atoms with Gasteiger partial charge in [-0.15, -0.1) is 0 Å². The summed E-state index contributed by atoms with van der Waals surface area (Å²) in [7, 11) is 0. The summed E-state index contributed by atoms with van der Waals surface area (Å²) in [5.74, 6) is 9.82. The van der Waals surface area contributed by atoms with Crippen molar-refractivity contribution in [3.63, 3.8) is 0 Å². The molecule has 0 unspecified atom stereocenters. The highest BCUT2D eigenvalue weighted by Crippen LogP contribution is 2.42. The molecule has 3 heteroatoms. The average Bonchev–Trinajstić information content (AvgIpc) is 2.71. The zero-order valence-corrected chi connectivity index (χ0v) is 21.5. The summed E-state index contributed by atoms with van der Waals surface area (Å²) in [5, 5.41) is 0. The predicted molar refractivity (Wildman–Crippen MR) is 133 cm³/mol. The molecule has 178 valence electrons. The van der Waals surface area contributed by atoms with Crippen LogP contribution < -0.4 is 15.5 Å². The van der Waals surface area contributed by atoms with Gasteiger partial charge in [-0.1, -0.05) is 72.6 Å². The van der Waals surface area contributed by atoms with Crippen molar-refractivity contribution in [2.24, 2.45) is 23.7 Å². The highest BCUT2D eigenvalue weighted by molar-refractivity contribution is 5.53. The van der Waals surface area contributed by atoms with E-state index >= 15 is 0 Å². The standard InChI is InChI=1S/C28H49NO2/c1-20(2)11-8-12-21(3)13-9-14-22(4)15-10-17-28(7)18-16-25-19-26(31-29)23(5)24(6)27(25)30-28/h19-22H,8-18,29H2,1-7H3/t21-,22-,28-/m1/s1. The Balaban J connectivity index is 1.72. The monoisotopic (exact) mass is 431 g/mol. The molecule has 1 heterocycles. The molecule has 0 aromatic heterocycles. The van der Waals surface area contributed by atoms with Crippen LogP contribution in [0.25, 0.3) is 0 Å². The molecule has 0 saturated carbocycles. The molecule has 1 aromatic carbocycles. The Hall–Kier alpha value is -1.22. The summed E-state index contributed by atoms with van der Waals surface area (Å²) in [5.41, 5.74) is 3.43. The molecule has 2 rings (SSSR count). The minimum Gasteiger partial charge on any atom is -0.487 e. The quantitative estimate of drug-likeness (QED) is 0.321. The molecule has 31 heavy (non-hydrogen) atoms. The molecule has 1 aromatic rings. The van der Waals surface area contributed by atoms with Crippen LogP contribution in [0.4, 0.5) is 0 Å². The van der Waals surface area contributed by atoms with Gasteiger partial charge in [0.05, 0.1) is 0 Å². The van der Waals surface area contributed by atoms with Gasteiger partial charge in [0.15, 0.2) is 5.75 Å². The normalized spacial score (nSPS) is 20.3. The third kappa shape index (κ3) is 8.00. The van der Waals surface area contributed by atoms with Crippen LogP contribution in [-0.4, -0.2) is 5.60 Å². The fourth-order valence-electron chi connectivity index (χ4n) is 5.05. The molecule has 0 amide bonds. The van der Waals surface area contributed by atoms with Crippen molar-refractivity contribution in [1.29, 1.82) is 0 Å². The van der Waals surface area contributed by atoms with Gasteiger partial charge in [-0.05, 0) is 81.4 Å². The molecule has 1 aliphatic heterocycles. The minimum atomic E-state index is -0.0556. The summed E-state index contributed by atoms with van der Waals surface area (Å²) >= 11 is 0. The first-order valence-electron chi connectivity index (χ1n) is 12.8. The maximum absolute atomic E-state index is 6.58. The molecular formula is C28H49NO2. The van der Waals surface area contributed by atoms with Gasteiger partial charge >= 0.3 is 0 Å². The van der Waals surface area contributed by atoms with Gasteiger partial charge in [-0.25, -0.2) is 0 Å². The van der Waals surface area contributed by atoms with Gasteiger partial charge in [0.25, 0.3) is 0 Å². The van der Waals surface area contributed by atoms with Crippen LogP contribution >= 0.6 is 0 Å². The van der Waals surface area contributed by atoms with Crippen LogP contribution in [0.2, 0.25) is 0 Å². The molecule has 0 fully saturated rings. The van der Waals surface area contributed by atoms with Gasteiger partial charge in [0.1, 0.15) is 11.4 Å². The van der Waals surface area contributed by atoms with Gasteiger partial charge < -0.3 is 9.57 Å². The lowest BCUT2D eigenvalue weighted by Gasteiger charge is -2.37. The number of fused-ring (bicyclic) bond motifs is 1. The Labute approximate surface area is 192 Å². The van der Waals surface area contributed by atoms with Crippen LogP contribution in [0.3, 0.4) is 0 Å². The Morgan fingerprint density at radius 3 is 2.10 bits per heavy atom. The van der Waals surface area contributed by atoms with Crippen molar-refractivity contribution < 1.29 is 9.57 Å². The largest absolute Gasteiger partial charge is 0.487 e. The zero-order valence-electron chi connectivity index (χ0n) is 21.5. The summed E-state index contributed by atoms with van der Waals surface area (Å²) in [6.45, 7) is 16.0. The summed E-state index contributed by atoms with van der Waals surface area (Å²) in [6, 6.07) is 2.06. The molecule has 0 radical (unpaired) electrons. The van der Waals surface area contributed by atoms with Gasteiger partial charge in [-0.3, -0.25) is 0 Å². The maximum Gasteiger partial charge on any atom is 0.150 e. The van der Waals surface area contributed by atoms with E-state index < -0.39 is 0 Å². The van der Waals surface area contributed by atoms with E-state index in [2.05, 4.69) is 54.5 Å². The first kappa shape index (κ1) is 26.0. The van der Waals surface area contributed by atoms with E-state index in [1.807, 2.05) is 0 Å². The van der Waals surface area contributed by atoms with Crippen LogP contribution in [0, 0.1) is 31.6 Å². The molecule has 0 aliphatic carbocycles. The van der Waals surface area contributed by atoms with Gasteiger partial charge in [0, 0.05) is 5.56 Å². The highest BCUT2D eigenvalue weighted by Gasteiger charge is 2.33. The number of rotatable bonds is 13. The molecule has 3 nitrogen and oxygen atoms in total. The highest BCUT2D eigenvalue weighted by atomic mass is 16.6. The van der Waals surface area contributed by atoms with Gasteiger partial charge in [0.2, 0.25) is 0 Å². The number of hydrogen-bond acceptors (Lipinski definition) is 3. The zero-order chi connectivity index (χ0) is 23.0. The van der Waals surface area contributed by atoms with Crippen molar-refractivity contribution >= 4 is 0 Å². The minimum absolute atomic E-state index is 0.0556. The molecule has 0 bridgehead atoms. The van der Waals surface area contributed by atoms with Crippen molar-refractivity contribution in [3.05, 3.63) is 22.8 Å². The number of hydrogen-bond donors (Lipinski definition) is 1. The van der Waals surface area contributed by atoms with Crippen LogP contribution in [0.5, 0.6) is 11.5 Å². The number of benzene rings is 1. The SMILES string of the molecule is Cc1c(ON)cc2c(c1C)O[C@](C)(CCC[C@H](C)CCC[C@H](C)CCCC(C)C)CC2. The second-order valence-electron chi connectivity index (χ2n) is 11.1. The topological polar surface area (TPSA) is 44.5 Å².